The molecule has 0 amide bonds. The first-order valence-electron chi connectivity index (χ1n) is 6.70. The number of benzene rings is 1. The molecule has 3 nitrogen and oxygen atoms in total. The SMILES string of the molecule is O=S(=O)([O-])c1ccc(C(F)(F)C(F)(F)F)c(C(F)(F)C(F)(F)F)c1C(F)(F)C(F)(F)F.[Na+]. The summed E-state index contributed by atoms with van der Waals surface area (Å²) in [5.41, 5.74) is -12.4. The Balaban J connectivity index is 0.00000961. The zero-order valence-corrected chi connectivity index (χ0v) is 17.3. The van der Waals surface area contributed by atoms with Crippen LogP contribution < -0.4 is 29.6 Å². The number of rotatable bonds is 4. The average Bonchev–Trinajstić information content (AvgIpc) is 2.49. The molecule has 1 aromatic rings. The number of alkyl halides is 15. The van der Waals surface area contributed by atoms with Crippen molar-refractivity contribution in [3.8, 4) is 0 Å². The summed E-state index contributed by atoms with van der Waals surface area (Å²) in [6.45, 7) is 0. The third kappa shape index (κ3) is 5.10. The third-order valence-corrected chi connectivity index (χ3v) is 4.35. The normalized spacial score (nSPS) is 14.9. The van der Waals surface area contributed by atoms with Gasteiger partial charge in [-0.05, 0) is 6.07 Å². The summed E-state index contributed by atoms with van der Waals surface area (Å²) in [7, 11) is -6.86. The van der Waals surface area contributed by atoms with Crippen molar-refractivity contribution in [2.75, 3.05) is 0 Å². The molecule has 0 aliphatic carbocycles. The van der Waals surface area contributed by atoms with Crippen molar-refractivity contribution in [2.24, 2.45) is 0 Å². The fraction of sp³-hybridized carbons (Fsp3) is 0.500. The van der Waals surface area contributed by atoms with Crippen molar-refractivity contribution < 1.29 is 108 Å². The van der Waals surface area contributed by atoms with Crippen molar-refractivity contribution in [3.63, 3.8) is 0 Å². The van der Waals surface area contributed by atoms with Gasteiger partial charge in [-0.1, -0.05) is 6.07 Å². The summed E-state index contributed by atoms with van der Waals surface area (Å²) >= 11 is 0. The van der Waals surface area contributed by atoms with Gasteiger partial charge in [-0.2, -0.15) is 65.9 Å². The molecule has 0 aromatic heterocycles. The molecule has 0 N–H and O–H groups in total. The van der Waals surface area contributed by atoms with Crippen LogP contribution in [-0.2, 0) is 27.9 Å². The van der Waals surface area contributed by atoms with E-state index >= 15 is 0 Å². The van der Waals surface area contributed by atoms with E-state index in [1.807, 2.05) is 0 Å². The van der Waals surface area contributed by atoms with E-state index < -0.39 is 80.1 Å². The first kappa shape index (κ1) is 31.1. The monoisotopic (exact) mass is 534 g/mol. The smallest absolute Gasteiger partial charge is 0.744 e. The molecule has 0 aliphatic rings. The summed E-state index contributed by atoms with van der Waals surface area (Å²) < 4.78 is 228. The van der Waals surface area contributed by atoms with Gasteiger partial charge < -0.3 is 4.55 Å². The van der Waals surface area contributed by atoms with E-state index in [4.69, 9.17) is 0 Å². The van der Waals surface area contributed by atoms with E-state index in [1.54, 1.807) is 0 Å². The molecule has 0 saturated carbocycles. The van der Waals surface area contributed by atoms with E-state index in [1.165, 1.54) is 0 Å². The predicted octanol–water partition coefficient (Wildman–Crippen LogP) is 2.56. The molecule has 20 heteroatoms. The van der Waals surface area contributed by atoms with Gasteiger partial charge in [0.05, 0.1) is 16.0 Å². The van der Waals surface area contributed by atoms with Crippen LogP contribution >= 0.6 is 0 Å². The second-order valence-corrected chi connectivity index (χ2v) is 6.88. The Morgan fingerprint density at radius 1 is 0.562 bits per heavy atom. The second-order valence-electron chi connectivity index (χ2n) is 5.53. The minimum absolute atomic E-state index is 0. The molecule has 0 spiro atoms. The molecule has 0 saturated heterocycles. The molecule has 0 unspecified atom stereocenters. The van der Waals surface area contributed by atoms with Crippen molar-refractivity contribution in [3.05, 3.63) is 28.8 Å². The van der Waals surface area contributed by atoms with Crippen LogP contribution in [-0.4, -0.2) is 31.5 Å². The molecule has 0 bridgehead atoms. The quantitative estimate of drug-likeness (QED) is 0.339. The molecule has 1 rings (SSSR count). The zero-order chi connectivity index (χ0) is 25.2. The molecule has 0 aliphatic heterocycles. The van der Waals surface area contributed by atoms with Crippen molar-refractivity contribution >= 4 is 10.1 Å². The van der Waals surface area contributed by atoms with Crippen LogP contribution in [0.2, 0.25) is 0 Å². The maximum atomic E-state index is 13.8. The topological polar surface area (TPSA) is 57.2 Å². The summed E-state index contributed by atoms with van der Waals surface area (Å²) in [6, 6.07) is -2.34. The molecule has 180 valence electrons. The van der Waals surface area contributed by atoms with E-state index in [0.717, 1.165) is 0 Å². The van der Waals surface area contributed by atoms with Crippen molar-refractivity contribution in [2.45, 2.75) is 41.2 Å². The second kappa shape index (κ2) is 8.38. The van der Waals surface area contributed by atoms with Gasteiger partial charge in [-0.15, -0.1) is 0 Å². The molecule has 0 heterocycles. The number of hydrogen-bond donors (Lipinski definition) is 0. The summed E-state index contributed by atoms with van der Waals surface area (Å²) in [5.74, 6) is -21.5. The Kier molecular flexibility index (Phi) is 8.14. The van der Waals surface area contributed by atoms with Gasteiger partial charge in [0, 0.05) is 5.56 Å². The van der Waals surface area contributed by atoms with E-state index in [-0.39, 0.29) is 29.6 Å². The fourth-order valence-corrected chi connectivity index (χ4v) is 2.84. The van der Waals surface area contributed by atoms with E-state index in [0.29, 0.717) is 0 Å². The van der Waals surface area contributed by atoms with Crippen LogP contribution in [0.15, 0.2) is 17.0 Å². The third-order valence-electron chi connectivity index (χ3n) is 3.47. The van der Waals surface area contributed by atoms with Gasteiger partial charge >= 0.3 is 65.9 Å². The fourth-order valence-electron chi connectivity index (χ4n) is 2.13. The maximum Gasteiger partial charge on any atom is 1.00 e. The van der Waals surface area contributed by atoms with Gasteiger partial charge in [0.25, 0.3) is 0 Å². The average molecular weight is 534 g/mol. The Labute approximate surface area is 188 Å². The largest absolute Gasteiger partial charge is 1.00 e. The van der Waals surface area contributed by atoms with Gasteiger partial charge in [0.1, 0.15) is 10.1 Å². The minimum Gasteiger partial charge on any atom is -0.744 e. The van der Waals surface area contributed by atoms with Crippen molar-refractivity contribution in [1.29, 1.82) is 0 Å². The van der Waals surface area contributed by atoms with Gasteiger partial charge in [0.15, 0.2) is 0 Å². The van der Waals surface area contributed by atoms with E-state index in [2.05, 4.69) is 0 Å². The van der Waals surface area contributed by atoms with Crippen LogP contribution in [0.25, 0.3) is 0 Å². The Morgan fingerprint density at radius 3 is 1.16 bits per heavy atom. The Bertz CT molecular complexity index is 960. The van der Waals surface area contributed by atoms with Crippen LogP contribution in [0.5, 0.6) is 0 Å². The van der Waals surface area contributed by atoms with Gasteiger partial charge in [-0.3, -0.25) is 0 Å². The molecule has 0 radical (unpaired) electrons. The maximum absolute atomic E-state index is 13.8. The van der Waals surface area contributed by atoms with Crippen LogP contribution in [0.1, 0.15) is 16.7 Å². The molecule has 0 atom stereocenters. The number of halogens is 15. The first-order valence-corrected chi connectivity index (χ1v) is 8.11. The Hall–Kier alpha value is -0.920. The number of hydrogen-bond acceptors (Lipinski definition) is 3. The molecular weight excluding hydrogens is 532 g/mol. The summed E-state index contributed by atoms with van der Waals surface area (Å²) in [6.07, 6.45) is -21.9. The molecule has 0 fully saturated rings. The predicted molar refractivity (Wildman–Crippen MR) is 64.3 cm³/mol. The summed E-state index contributed by atoms with van der Waals surface area (Å²) in [4.78, 5) is -3.23. The van der Waals surface area contributed by atoms with Crippen LogP contribution in [0, 0.1) is 0 Å². The van der Waals surface area contributed by atoms with Crippen molar-refractivity contribution in [1.82, 2.24) is 0 Å². The first-order chi connectivity index (χ1) is 13.2. The molecule has 32 heavy (non-hydrogen) atoms. The summed E-state index contributed by atoms with van der Waals surface area (Å²) in [5, 5.41) is 0. The van der Waals surface area contributed by atoms with Crippen LogP contribution in [0.4, 0.5) is 65.9 Å². The van der Waals surface area contributed by atoms with Gasteiger partial charge in [-0.25, -0.2) is 8.42 Å². The molecular formula is C12H2F15NaO3S. The standard InChI is InChI=1S/C12H3F15O3S.Na/c13-7(14,10(19,20)21)3-1-2-4(31(28,29)30)6(9(17,18)12(25,26)27)5(3)8(15,16)11(22,23)24;/h1-2H,(H,28,29,30);/q;+1/p-1. The molecule has 1 aromatic carbocycles. The zero-order valence-electron chi connectivity index (χ0n) is 14.5. The van der Waals surface area contributed by atoms with Crippen LogP contribution in [0.3, 0.4) is 0 Å². The minimum atomic E-state index is -7.40. The van der Waals surface area contributed by atoms with E-state index in [9.17, 15) is 78.8 Å². The Morgan fingerprint density at radius 2 is 0.875 bits per heavy atom. The van der Waals surface area contributed by atoms with Gasteiger partial charge in [0.2, 0.25) is 0 Å².